The molecule has 0 heterocycles. The lowest BCUT2D eigenvalue weighted by Crippen LogP contribution is -2.61. The van der Waals surface area contributed by atoms with Gasteiger partial charge in [0.15, 0.2) is 0 Å². The number of hydrogen-bond acceptors (Lipinski definition) is 20. The summed E-state index contributed by atoms with van der Waals surface area (Å²) in [7, 11) is 0. The largest absolute Gasteiger partial charge is 0.508 e. The van der Waals surface area contributed by atoms with Gasteiger partial charge in [0.1, 0.15) is 78.3 Å². The summed E-state index contributed by atoms with van der Waals surface area (Å²) in [5, 5.41) is 85.5. The van der Waals surface area contributed by atoms with E-state index in [1.807, 2.05) is 5.32 Å². The number of aromatic hydroxyl groups is 1. The Morgan fingerprint density at radius 2 is 0.819 bits per heavy atom. The van der Waals surface area contributed by atoms with Gasteiger partial charge in [-0.2, -0.15) is 0 Å². The number of carboxylic acid groups (broad SMARTS) is 2. The second kappa shape index (κ2) is 39.5. The first kappa shape index (κ1) is 80.2. The molecule has 0 unspecified atom stereocenters. The SMILES string of the molecule is CC(C)C[C@H](NC(=O)[C@H](CO)NC(=O)[C@H](CC(N)=O)NC(=O)[C@H](C)NC(=O)[C@H](Cc1ccccc1)NC(=O)[C@@H](NC(=O)[C@@H](N)CO)C(C)C)C(=O)N[C@H](C(=O)N[C@@H](Cc1ccc(O)cc1)C(=O)NCC(=O)N[C@@H](C)C(=O)N[C@@H](CO)C(=O)N[C@@H](CC(=O)O)C(=O)O)C(C)C. The highest BCUT2D eigenvalue weighted by molar-refractivity contribution is 6.00. The number of aliphatic carboxylic acids is 2. The molecule has 35 nitrogen and oxygen atoms in total. The van der Waals surface area contributed by atoms with E-state index >= 15 is 0 Å². The van der Waals surface area contributed by atoms with Crippen LogP contribution in [0.3, 0.4) is 0 Å². The first-order valence-electron chi connectivity index (χ1n) is 29.8. The van der Waals surface area contributed by atoms with Crippen molar-refractivity contribution in [2.45, 2.75) is 160 Å². The van der Waals surface area contributed by atoms with Gasteiger partial charge in [0.05, 0.1) is 39.2 Å². The molecule has 520 valence electrons. The van der Waals surface area contributed by atoms with Crippen molar-refractivity contribution in [2.75, 3.05) is 26.4 Å². The zero-order valence-corrected chi connectivity index (χ0v) is 53.2. The molecule has 0 saturated carbocycles. The molecule has 35 heteroatoms. The Kier molecular flexibility index (Phi) is 33.7. The Bertz CT molecular complexity index is 2990. The highest BCUT2D eigenvalue weighted by Crippen LogP contribution is 2.14. The molecule has 0 aliphatic carbocycles. The van der Waals surface area contributed by atoms with Crippen LogP contribution in [0.15, 0.2) is 54.6 Å². The Balaban J connectivity index is 2.28. The van der Waals surface area contributed by atoms with Gasteiger partial charge in [0.2, 0.25) is 76.8 Å². The van der Waals surface area contributed by atoms with Crippen LogP contribution in [0.2, 0.25) is 0 Å². The van der Waals surface area contributed by atoms with Crippen molar-refractivity contribution in [3.63, 3.8) is 0 Å². The maximum Gasteiger partial charge on any atom is 0.326 e. The van der Waals surface area contributed by atoms with E-state index < -0.39 is 212 Å². The molecule has 94 heavy (non-hydrogen) atoms. The summed E-state index contributed by atoms with van der Waals surface area (Å²) in [4.78, 5) is 197. The van der Waals surface area contributed by atoms with Gasteiger partial charge in [0.25, 0.3) is 0 Å². The number of carbonyl (C=O) groups is 15. The molecule has 0 aromatic heterocycles. The van der Waals surface area contributed by atoms with Crippen LogP contribution < -0.4 is 75.3 Å². The van der Waals surface area contributed by atoms with E-state index in [0.717, 1.165) is 6.92 Å². The van der Waals surface area contributed by atoms with Gasteiger partial charge in [-0.3, -0.25) is 67.1 Å². The van der Waals surface area contributed by atoms with Crippen molar-refractivity contribution in [2.24, 2.45) is 29.2 Å². The summed E-state index contributed by atoms with van der Waals surface area (Å²) in [5.41, 5.74) is 12.0. The molecule has 2 aromatic rings. The summed E-state index contributed by atoms with van der Waals surface area (Å²) in [5.74, 6) is -18.5. The first-order valence-corrected chi connectivity index (χ1v) is 29.8. The topological polar surface area (TPSA) is 574 Å². The molecule has 0 fully saturated rings. The smallest absolute Gasteiger partial charge is 0.326 e. The number of hydrogen-bond donors (Lipinski definition) is 20. The molecule has 0 aliphatic heterocycles. The van der Waals surface area contributed by atoms with Crippen LogP contribution in [0, 0.1) is 17.8 Å². The molecule has 0 radical (unpaired) electrons. The summed E-state index contributed by atoms with van der Waals surface area (Å²) in [6.45, 7) is 8.23. The van der Waals surface area contributed by atoms with Crippen LogP contribution in [0.1, 0.15) is 85.8 Å². The van der Waals surface area contributed by atoms with Gasteiger partial charge >= 0.3 is 11.9 Å². The third-order valence-electron chi connectivity index (χ3n) is 13.9. The molecule has 13 amide bonds. The minimum Gasteiger partial charge on any atom is -0.508 e. The van der Waals surface area contributed by atoms with Crippen LogP contribution >= 0.6 is 0 Å². The molecule has 22 N–H and O–H groups in total. The molecular weight excluding hydrogens is 1240 g/mol. The standard InChI is InChI=1S/C59H88N14O21/c1-27(2)18-36(66-55(89)42(26-76)71-53(87)39(21-43(61)78)65-49(83)31(8)64-52(86)38(19-32-12-10-9-11-13-32)68-57(91)46(28(3)4)72-50(84)35(60)24-74)54(88)73-47(29(5)6)58(92)67-37(20-33-14-16-34(77)17-15-33)51(85)62-23-44(79)63-30(7)48(82)70-41(25-75)56(90)69-40(59(93)94)22-45(80)81/h9-17,27-31,35-42,46-47,74-77H,18-26,60H2,1-8H3,(H2,61,78)(H,62,85)(H,63,79)(H,64,86)(H,65,83)(H,66,89)(H,67,92)(H,68,91)(H,69,90)(H,70,82)(H,71,87)(H,72,84)(H,73,88)(H,80,81)(H,93,94)/t30-,31-,35-,36-,37-,38-,39-,40-,41-,42-,46-,47-/m0/s1. The number of nitrogens with two attached hydrogens (primary N) is 2. The highest BCUT2D eigenvalue weighted by atomic mass is 16.4. The molecule has 0 bridgehead atoms. The van der Waals surface area contributed by atoms with Crippen LogP contribution in [-0.4, -0.2) is 218 Å². The highest BCUT2D eigenvalue weighted by Gasteiger charge is 2.37. The number of rotatable bonds is 40. The normalized spacial score (nSPS) is 14.9. The number of amides is 13. The Morgan fingerprint density at radius 3 is 1.28 bits per heavy atom. The molecule has 12 atom stereocenters. The van der Waals surface area contributed by atoms with Gasteiger partial charge in [-0.1, -0.05) is 84.0 Å². The van der Waals surface area contributed by atoms with Gasteiger partial charge in [-0.15, -0.1) is 0 Å². The molecule has 0 saturated heterocycles. The number of phenolic OH excluding ortho intramolecular Hbond substituents is 1. The van der Waals surface area contributed by atoms with E-state index in [0.29, 0.717) is 11.1 Å². The second-order valence-electron chi connectivity index (χ2n) is 23.1. The van der Waals surface area contributed by atoms with Gasteiger partial charge in [-0.25, -0.2) is 4.79 Å². The lowest BCUT2D eigenvalue weighted by atomic mass is 9.98. The van der Waals surface area contributed by atoms with Crippen molar-refractivity contribution >= 4 is 88.7 Å². The third kappa shape index (κ3) is 27.9. The van der Waals surface area contributed by atoms with Crippen molar-refractivity contribution in [1.29, 1.82) is 0 Å². The average Bonchev–Trinajstić information content (AvgIpc) is 1.03. The monoisotopic (exact) mass is 1330 g/mol. The van der Waals surface area contributed by atoms with Crippen LogP contribution in [0.25, 0.3) is 0 Å². The van der Waals surface area contributed by atoms with Gasteiger partial charge < -0.3 is 106 Å². The zero-order chi connectivity index (χ0) is 71.3. The Morgan fingerprint density at radius 1 is 0.415 bits per heavy atom. The van der Waals surface area contributed by atoms with E-state index in [-0.39, 0.29) is 30.9 Å². The first-order chi connectivity index (χ1) is 44.0. The van der Waals surface area contributed by atoms with Crippen LogP contribution in [0.4, 0.5) is 0 Å². The van der Waals surface area contributed by atoms with Crippen molar-refractivity contribution < 1.29 is 103 Å². The van der Waals surface area contributed by atoms with Gasteiger partial charge in [0, 0.05) is 12.8 Å². The molecular formula is C59H88N14O21. The summed E-state index contributed by atoms with van der Waals surface area (Å²) >= 11 is 0. The fourth-order valence-electron chi connectivity index (χ4n) is 8.64. The average molecular weight is 1330 g/mol. The summed E-state index contributed by atoms with van der Waals surface area (Å²) in [6.07, 6.45) is -2.42. The predicted octanol–water partition coefficient (Wildman–Crippen LogP) is -7.24. The van der Waals surface area contributed by atoms with E-state index in [1.54, 1.807) is 58.0 Å². The number of primary amides is 1. The van der Waals surface area contributed by atoms with Gasteiger partial charge in [-0.05, 0) is 61.3 Å². The number of nitrogens with one attached hydrogen (secondary N) is 12. The van der Waals surface area contributed by atoms with Crippen LogP contribution in [-0.2, 0) is 84.8 Å². The molecule has 2 aromatic carbocycles. The van der Waals surface area contributed by atoms with Crippen molar-refractivity contribution in [3.8, 4) is 5.75 Å². The number of aliphatic hydroxyl groups is 3. The number of carbonyl (C=O) groups excluding carboxylic acids is 13. The third-order valence-corrected chi connectivity index (χ3v) is 13.9. The maximum atomic E-state index is 14.2. The van der Waals surface area contributed by atoms with E-state index in [4.69, 9.17) is 16.6 Å². The second-order valence-corrected chi connectivity index (χ2v) is 23.1. The van der Waals surface area contributed by atoms with E-state index in [9.17, 15) is 97.5 Å². The van der Waals surface area contributed by atoms with Crippen LogP contribution in [0.5, 0.6) is 5.75 Å². The fraction of sp³-hybridized carbons (Fsp3) is 0.542. The van der Waals surface area contributed by atoms with E-state index in [2.05, 4.69) is 58.5 Å². The lowest BCUT2D eigenvalue weighted by Gasteiger charge is -2.29. The zero-order valence-electron chi connectivity index (χ0n) is 53.2. The number of benzene rings is 2. The number of phenols is 1. The molecule has 2 rings (SSSR count). The summed E-state index contributed by atoms with van der Waals surface area (Å²) < 4.78 is 0. The van der Waals surface area contributed by atoms with Crippen molar-refractivity contribution in [1.82, 2.24) is 63.8 Å². The van der Waals surface area contributed by atoms with E-state index in [1.165, 1.54) is 45.0 Å². The quantitative estimate of drug-likeness (QED) is 0.0295. The minimum absolute atomic E-state index is 0.114. The number of carboxylic acids is 2. The van der Waals surface area contributed by atoms with Crippen molar-refractivity contribution in [3.05, 3.63) is 65.7 Å². The lowest BCUT2D eigenvalue weighted by molar-refractivity contribution is -0.147. The summed E-state index contributed by atoms with van der Waals surface area (Å²) in [6, 6.07) is -5.05. The Labute approximate surface area is 540 Å². The Hall–Kier alpha value is -9.87. The number of aliphatic hydroxyl groups excluding tert-OH is 3. The molecule has 0 aliphatic rings. The minimum atomic E-state index is -1.92. The predicted molar refractivity (Wildman–Crippen MR) is 330 cm³/mol. The maximum absolute atomic E-state index is 14.2. The fourth-order valence-corrected chi connectivity index (χ4v) is 8.64. The molecule has 0 spiro atoms.